The normalized spacial score (nSPS) is 20.8. The molecule has 4 rings (SSSR count). The van der Waals surface area contributed by atoms with Gasteiger partial charge in [0.15, 0.2) is 11.6 Å². The van der Waals surface area contributed by atoms with E-state index in [1.807, 2.05) is 37.3 Å². The zero-order chi connectivity index (χ0) is 17.4. The molecule has 0 N–H and O–H groups in total. The third-order valence-electron chi connectivity index (χ3n) is 4.42. The number of rotatable bonds is 2. The molecule has 4 nitrogen and oxygen atoms in total. The molecule has 0 amide bonds. The first-order valence-corrected chi connectivity index (χ1v) is 8.17. The molecular weight excluding hydrogens is 324 g/mol. The minimum Gasteiger partial charge on any atom is -0.374 e. The summed E-state index contributed by atoms with van der Waals surface area (Å²) in [6.07, 6.45) is 1.65. The predicted molar refractivity (Wildman–Crippen MR) is 91.4 cm³/mol. The van der Waals surface area contributed by atoms with E-state index in [4.69, 9.17) is 4.74 Å². The Bertz CT molecular complexity index is 904. The highest BCUT2D eigenvalue weighted by Crippen LogP contribution is 2.31. The van der Waals surface area contributed by atoms with E-state index in [2.05, 4.69) is 14.9 Å². The van der Waals surface area contributed by atoms with Crippen molar-refractivity contribution in [3.8, 4) is 0 Å². The Balaban J connectivity index is 1.76. The first-order valence-electron chi connectivity index (χ1n) is 8.17. The standard InChI is InChI=1S/C19H17F2N3O/c1-12-10-24(18(11-25-12)13-5-3-2-4-6-13)19-9-22-16-7-14(20)15(21)8-17(16)23-19/h2-9,12,18H,10-11H2,1H3/t12-,18-/m1/s1. The van der Waals surface area contributed by atoms with Crippen molar-refractivity contribution in [3.63, 3.8) is 0 Å². The lowest BCUT2D eigenvalue weighted by molar-refractivity contribution is 0.0300. The molecule has 0 spiro atoms. The molecule has 0 aliphatic carbocycles. The smallest absolute Gasteiger partial charge is 0.161 e. The van der Waals surface area contributed by atoms with Gasteiger partial charge in [-0.2, -0.15) is 0 Å². The van der Waals surface area contributed by atoms with Crippen LogP contribution in [0.2, 0.25) is 0 Å². The summed E-state index contributed by atoms with van der Waals surface area (Å²) in [4.78, 5) is 10.9. The molecule has 6 heteroatoms. The Morgan fingerprint density at radius 2 is 1.80 bits per heavy atom. The van der Waals surface area contributed by atoms with Crippen LogP contribution in [0, 0.1) is 11.6 Å². The van der Waals surface area contributed by atoms with Gasteiger partial charge >= 0.3 is 0 Å². The van der Waals surface area contributed by atoms with Crippen molar-refractivity contribution in [1.82, 2.24) is 9.97 Å². The molecule has 2 heterocycles. The molecule has 0 radical (unpaired) electrons. The average molecular weight is 341 g/mol. The van der Waals surface area contributed by atoms with E-state index in [0.717, 1.165) is 17.7 Å². The SMILES string of the molecule is C[C@@H]1CN(c2cnc3cc(F)c(F)cc3n2)[C@@H](c2ccccc2)CO1. The van der Waals surface area contributed by atoms with Crippen LogP contribution in [0.4, 0.5) is 14.6 Å². The fourth-order valence-corrected chi connectivity index (χ4v) is 3.14. The number of benzene rings is 2. The maximum atomic E-state index is 13.5. The van der Waals surface area contributed by atoms with Crippen molar-refractivity contribution in [2.75, 3.05) is 18.1 Å². The topological polar surface area (TPSA) is 38.2 Å². The summed E-state index contributed by atoms with van der Waals surface area (Å²) >= 11 is 0. The number of fused-ring (bicyclic) bond motifs is 1. The van der Waals surface area contributed by atoms with Crippen LogP contribution in [0.5, 0.6) is 0 Å². The predicted octanol–water partition coefficient (Wildman–Crippen LogP) is 3.87. The van der Waals surface area contributed by atoms with Crippen LogP contribution in [0.25, 0.3) is 11.0 Å². The summed E-state index contributed by atoms with van der Waals surface area (Å²) in [7, 11) is 0. The lowest BCUT2D eigenvalue weighted by Crippen LogP contribution is -2.44. The highest BCUT2D eigenvalue weighted by Gasteiger charge is 2.29. The van der Waals surface area contributed by atoms with E-state index in [1.165, 1.54) is 0 Å². The second-order valence-corrected chi connectivity index (χ2v) is 6.21. The fraction of sp³-hybridized carbons (Fsp3) is 0.263. The average Bonchev–Trinajstić information content (AvgIpc) is 2.63. The lowest BCUT2D eigenvalue weighted by Gasteiger charge is -2.39. The highest BCUT2D eigenvalue weighted by atomic mass is 19.2. The summed E-state index contributed by atoms with van der Waals surface area (Å²) in [6.45, 7) is 3.17. The van der Waals surface area contributed by atoms with Crippen molar-refractivity contribution in [3.05, 3.63) is 65.9 Å². The largest absolute Gasteiger partial charge is 0.374 e. The van der Waals surface area contributed by atoms with Gasteiger partial charge in [0.05, 0.1) is 36.0 Å². The van der Waals surface area contributed by atoms with Crippen molar-refractivity contribution in [1.29, 1.82) is 0 Å². The number of anilines is 1. The Hall–Kier alpha value is -2.60. The van der Waals surface area contributed by atoms with Gasteiger partial charge < -0.3 is 9.64 Å². The molecule has 3 aromatic rings. The molecule has 2 atom stereocenters. The summed E-state index contributed by atoms with van der Waals surface area (Å²) in [5.41, 5.74) is 1.78. The third kappa shape index (κ3) is 3.05. The second kappa shape index (κ2) is 6.37. The maximum absolute atomic E-state index is 13.5. The molecule has 1 aliphatic heterocycles. The number of morpholine rings is 1. The number of ether oxygens (including phenoxy) is 1. The van der Waals surface area contributed by atoms with Crippen LogP contribution < -0.4 is 4.90 Å². The number of halogens is 2. The highest BCUT2D eigenvalue weighted by molar-refractivity contribution is 5.75. The number of aromatic nitrogens is 2. The van der Waals surface area contributed by atoms with Crippen molar-refractivity contribution < 1.29 is 13.5 Å². The van der Waals surface area contributed by atoms with Crippen LogP contribution in [-0.4, -0.2) is 29.2 Å². The third-order valence-corrected chi connectivity index (χ3v) is 4.42. The second-order valence-electron chi connectivity index (χ2n) is 6.21. The van der Waals surface area contributed by atoms with Gasteiger partial charge in [-0.25, -0.2) is 13.8 Å². The van der Waals surface area contributed by atoms with E-state index in [9.17, 15) is 8.78 Å². The fourth-order valence-electron chi connectivity index (χ4n) is 3.14. The van der Waals surface area contributed by atoms with E-state index < -0.39 is 11.6 Å². The van der Waals surface area contributed by atoms with E-state index in [1.54, 1.807) is 6.20 Å². The van der Waals surface area contributed by atoms with Crippen molar-refractivity contribution >= 4 is 16.9 Å². The summed E-state index contributed by atoms with van der Waals surface area (Å²) in [5.74, 6) is -1.21. The van der Waals surface area contributed by atoms with Crippen LogP contribution >= 0.6 is 0 Å². The van der Waals surface area contributed by atoms with Crippen LogP contribution in [0.1, 0.15) is 18.5 Å². The zero-order valence-electron chi connectivity index (χ0n) is 13.7. The summed E-state index contributed by atoms with van der Waals surface area (Å²) in [5, 5.41) is 0. The quantitative estimate of drug-likeness (QED) is 0.709. The molecule has 128 valence electrons. The Morgan fingerprint density at radius 3 is 2.56 bits per heavy atom. The molecule has 0 bridgehead atoms. The molecule has 1 aliphatic rings. The Labute approximate surface area is 144 Å². The van der Waals surface area contributed by atoms with Crippen molar-refractivity contribution in [2.24, 2.45) is 0 Å². The molecule has 0 saturated carbocycles. The first-order chi connectivity index (χ1) is 12.1. The van der Waals surface area contributed by atoms with Gasteiger partial charge in [0.2, 0.25) is 0 Å². The monoisotopic (exact) mass is 341 g/mol. The van der Waals surface area contributed by atoms with E-state index in [-0.39, 0.29) is 12.1 Å². The number of hydrogen-bond acceptors (Lipinski definition) is 4. The van der Waals surface area contributed by atoms with Crippen molar-refractivity contribution in [2.45, 2.75) is 19.1 Å². The lowest BCUT2D eigenvalue weighted by atomic mass is 10.0. The maximum Gasteiger partial charge on any atom is 0.161 e. The molecular formula is C19H17F2N3O. The Morgan fingerprint density at radius 1 is 1.08 bits per heavy atom. The van der Waals surface area contributed by atoms with Gasteiger partial charge in [-0.15, -0.1) is 0 Å². The molecule has 1 aromatic heterocycles. The minimum absolute atomic E-state index is 0.00514. The molecule has 1 saturated heterocycles. The van der Waals surface area contributed by atoms with Gasteiger partial charge in [-0.1, -0.05) is 30.3 Å². The summed E-state index contributed by atoms with van der Waals surface area (Å²) < 4.78 is 32.7. The minimum atomic E-state index is -0.922. The van der Waals surface area contributed by atoms with Gasteiger partial charge in [-0.3, -0.25) is 4.98 Å². The molecule has 1 fully saturated rings. The number of hydrogen-bond donors (Lipinski definition) is 0. The van der Waals surface area contributed by atoms with Gasteiger partial charge in [-0.05, 0) is 12.5 Å². The van der Waals surface area contributed by atoms with Gasteiger partial charge in [0.1, 0.15) is 5.82 Å². The van der Waals surface area contributed by atoms with Crippen LogP contribution in [0.15, 0.2) is 48.7 Å². The molecule has 25 heavy (non-hydrogen) atoms. The van der Waals surface area contributed by atoms with Crippen LogP contribution in [0.3, 0.4) is 0 Å². The van der Waals surface area contributed by atoms with E-state index >= 15 is 0 Å². The zero-order valence-corrected chi connectivity index (χ0v) is 13.7. The number of nitrogens with zero attached hydrogens (tertiary/aromatic N) is 3. The Kier molecular flexibility index (Phi) is 4.05. The van der Waals surface area contributed by atoms with Gasteiger partial charge in [0.25, 0.3) is 0 Å². The summed E-state index contributed by atoms with van der Waals surface area (Å²) in [6, 6.07) is 12.2. The van der Waals surface area contributed by atoms with Gasteiger partial charge in [0, 0.05) is 18.7 Å². The molecule has 2 aromatic carbocycles. The molecule has 0 unspecified atom stereocenters. The van der Waals surface area contributed by atoms with Crippen LogP contribution in [-0.2, 0) is 4.74 Å². The van der Waals surface area contributed by atoms with E-state index in [0.29, 0.717) is 30.0 Å². The first kappa shape index (κ1) is 15.9.